The van der Waals surface area contributed by atoms with E-state index in [1.165, 1.54) is 0 Å². The molecular weight excluding hydrogens is 458 g/mol. The number of aromatic amines is 1. The van der Waals surface area contributed by atoms with Crippen LogP contribution in [0.4, 0.5) is 0 Å². The van der Waals surface area contributed by atoms with Crippen LogP contribution in [0.2, 0.25) is 5.02 Å². The molecule has 1 unspecified atom stereocenters. The van der Waals surface area contributed by atoms with Gasteiger partial charge in [0.25, 0.3) is 5.91 Å². The molecule has 7 nitrogen and oxygen atoms in total. The molecule has 0 bridgehead atoms. The molecule has 9 heteroatoms. The lowest BCUT2D eigenvalue weighted by Gasteiger charge is -2.15. The summed E-state index contributed by atoms with van der Waals surface area (Å²) < 4.78 is 1.05. The van der Waals surface area contributed by atoms with E-state index in [1.807, 2.05) is 41.8 Å². The normalized spacial score (nSPS) is 12.2. The van der Waals surface area contributed by atoms with Crippen LogP contribution in [-0.2, 0) is 11.2 Å². The fourth-order valence-electron chi connectivity index (χ4n) is 3.75. The molecule has 2 amide bonds. The summed E-state index contributed by atoms with van der Waals surface area (Å²) in [6.07, 6.45) is 3.62. The van der Waals surface area contributed by atoms with Crippen molar-refractivity contribution >= 4 is 55.9 Å². The van der Waals surface area contributed by atoms with E-state index in [1.54, 1.807) is 35.9 Å². The number of amides is 2. The van der Waals surface area contributed by atoms with E-state index in [-0.39, 0.29) is 6.42 Å². The van der Waals surface area contributed by atoms with Crippen molar-refractivity contribution in [2.45, 2.75) is 12.5 Å². The second kappa shape index (κ2) is 8.65. The largest absolute Gasteiger partial charge is 0.368 e. The van der Waals surface area contributed by atoms with Gasteiger partial charge in [0.05, 0.1) is 11.1 Å². The van der Waals surface area contributed by atoms with Gasteiger partial charge >= 0.3 is 0 Å². The van der Waals surface area contributed by atoms with Gasteiger partial charge in [-0.15, -0.1) is 11.3 Å². The number of primary amides is 1. The molecule has 0 spiro atoms. The van der Waals surface area contributed by atoms with Crippen LogP contribution in [0.3, 0.4) is 0 Å². The highest BCUT2D eigenvalue weighted by Crippen LogP contribution is 2.29. The van der Waals surface area contributed by atoms with E-state index in [2.05, 4.69) is 20.3 Å². The Balaban J connectivity index is 1.44. The smallest absolute Gasteiger partial charge is 0.254 e. The first kappa shape index (κ1) is 21.1. The second-order valence-corrected chi connectivity index (χ2v) is 8.90. The van der Waals surface area contributed by atoms with Crippen LogP contribution in [-0.4, -0.2) is 32.8 Å². The van der Waals surface area contributed by atoms with Crippen LogP contribution in [0, 0.1) is 0 Å². The van der Waals surface area contributed by atoms with Crippen LogP contribution in [0.5, 0.6) is 0 Å². The summed E-state index contributed by atoms with van der Waals surface area (Å²) >= 11 is 7.69. The molecule has 0 aliphatic rings. The number of carbonyl (C=O) groups excluding carboxylic acids is 2. The summed E-state index contributed by atoms with van der Waals surface area (Å²) in [4.78, 5) is 37.2. The van der Waals surface area contributed by atoms with Crippen molar-refractivity contribution in [3.63, 3.8) is 0 Å². The molecule has 0 saturated heterocycles. The number of hydrogen-bond donors (Lipinski definition) is 3. The molecule has 0 aliphatic heterocycles. The number of carbonyl (C=O) groups is 2. The molecule has 4 N–H and O–H groups in total. The number of imidazole rings is 1. The molecule has 5 aromatic rings. The predicted octanol–water partition coefficient (Wildman–Crippen LogP) is 4.32. The molecule has 3 heterocycles. The molecule has 0 saturated carbocycles. The fourth-order valence-corrected chi connectivity index (χ4v) is 4.88. The minimum Gasteiger partial charge on any atom is -0.368 e. The first-order chi connectivity index (χ1) is 16.0. The van der Waals surface area contributed by atoms with E-state index in [9.17, 15) is 9.59 Å². The maximum atomic E-state index is 13.2. The summed E-state index contributed by atoms with van der Waals surface area (Å²) in [5, 5.41) is 6.30. The first-order valence-corrected chi connectivity index (χ1v) is 11.4. The Morgan fingerprint density at radius 2 is 1.97 bits per heavy atom. The summed E-state index contributed by atoms with van der Waals surface area (Å²) in [5.74, 6) is -0.410. The number of nitrogens with two attached hydrogens (primary N) is 1. The molecule has 33 heavy (non-hydrogen) atoms. The maximum absolute atomic E-state index is 13.2. The number of H-pyrrole nitrogens is 1. The number of aromatic nitrogens is 3. The quantitative estimate of drug-likeness (QED) is 0.339. The number of halogens is 1. The lowest BCUT2D eigenvalue weighted by Crippen LogP contribution is -2.45. The standard InChI is InChI=1S/C24H18ClN5O2S/c25-15-4-5-20-17(11-15)14(12-33-20)10-19(22(26)31)29-24(32)16-2-1-3-18-21(16)30-23(28-18)13-6-8-27-9-7-13/h1-9,11-12,19H,10H2,(H2,26,31)(H,28,30)(H,29,32). The van der Waals surface area contributed by atoms with Crippen LogP contribution >= 0.6 is 22.9 Å². The van der Waals surface area contributed by atoms with Crippen LogP contribution in [0.15, 0.2) is 66.3 Å². The van der Waals surface area contributed by atoms with E-state index in [0.29, 0.717) is 27.4 Å². The molecule has 164 valence electrons. The third-order valence-electron chi connectivity index (χ3n) is 5.40. The molecular formula is C24H18ClN5O2S. The Hall–Kier alpha value is -3.75. The summed E-state index contributed by atoms with van der Waals surface area (Å²) in [5.41, 5.74) is 8.98. The van der Waals surface area contributed by atoms with Gasteiger partial charge in [0, 0.05) is 34.1 Å². The summed E-state index contributed by atoms with van der Waals surface area (Å²) in [6, 6.07) is 13.7. The molecule has 2 aromatic carbocycles. The lowest BCUT2D eigenvalue weighted by molar-refractivity contribution is -0.119. The predicted molar refractivity (Wildman–Crippen MR) is 130 cm³/mol. The second-order valence-electron chi connectivity index (χ2n) is 7.56. The topological polar surface area (TPSA) is 114 Å². The molecule has 0 aliphatic carbocycles. The Labute approximate surface area is 197 Å². The Morgan fingerprint density at radius 3 is 2.76 bits per heavy atom. The first-order valence-electron chi connectivity index (χ1n) is 10.1. The van der Waals surface area contributed by atoms with Crippen molar-refractivity contribution in [3.05, 3.63) is 82.5 Å². The average Bonchev–Trinajstić information content (AvgIpc) is 3.43. The van der Waals surface area contributed by atoms with Gasteiger partial charge in [0.2, 0.25) is 5.91 Å². The summed E-state index contributed by atoms with van der Waals surface area (Å²) in [6.45, 7) is 0. The highest BCUT2D eigenvalue weighted by molar-refractivity contribution is 7.17. The zero-order chi connectivity index (χ0) is 22.9. The van der Waals surface area contributed by atoms with E-state index in [0.717, 1.165) is 21.2 Å². The van der Waals surface area contributed by atoms with Crippen molar-refractivity contribution in [2.75, 3.05) is 0 Å². The Morgan fingerprint density at radius 1 is 1.15 bits per heavy atom. The number of nitrogens with one attached hydrogen (secondary N) is 2. The van der Waals surface area contributed by atoms with Crippen LogP contribution in [0.1, 0.15) is 15.9 Å². The minimum atomic E-state index is -0.886. The van der Waals surface area contributed by atoms with Gasteiger partial charge in [-0.05, 0) is 58.8 Å². The average molecular weight is 476 g/mol. The number of pyridine rings is 1. The highest BCUT2D eigenvalue weighted by atomic mass is 35.5. The van der Waals surface area contributed by atoms with E-state index in [4.69, 9.17) is 17.3 Å². The zero-order valence-electron chi connectivity index (χ0n) is 17.2. The van der Waals surface area contributed by atoms with Gasteiger partial charge < -0.3 is 16.0 Å². The molecule has 5 rings (SSSR count). The number of hydrogen-bond acceptors (Lipinski definition) is 5. The monoisotopic (exact) mass is 475 g/mol. The molecule has 0 fully saturated rings. The fraction of sp³-hybridized carbons (Fsp3) is 0.0833. The number of benzene rings is 2. The molecule has 0 radical (unpaired) electrons. The zero-order valence-corrected chi connectivity index (χ0v) is 18.8. The number of thiophene rings is 1. The lowest BCUT2D eigenvalue weighted by atomic mass is 10.0. The number of rotatable bonds is 6. The number of fused-ring (bicyclic) bond motifs is 2. The van der Waals surface area contributed by atoms with Gasteiger partial charge in [-0.25, -0.2) is 4.98 Å². The Kier molecular flexibility index (Phi) is 5.53. The van der Waals surface area contributed by atoms with Crippen LogP contribution in [0.25, 0.3) is 32.5 Å². The summed E-state index contributed by atoms with van der Waals surface area (Å²) in [7, 11) is 0. The van der Waals surface area contributed by atoms with Gasteiger partial charge in [-0.3, -0.25) is 14.6 Å². The van der Waals surface area contributed by atoms with Crippen molar-refractivity contribution in [1.82, 2.24) is 20.3 Å². The number of nitrogens with zero attached hydrogens (tertiary/aromatic N) is 2. The third kappa shape index (κ3) is 4.18. The SMILES string of the molecule is NC(=O)C(Cc1csc2ccc(Cl)cc12)NC(=O)c1cccc2[nH]c(-c3ccncc3)nc12. The number of para-hydroxylation sites is 1. The minimum absolute atomic E-state index is 0.264. The van der Waals surface area contributed by atoms with Gasteiger partial charge in [-0.1, -0.05) is 17.7 Å². The van der Waals surface area contributed by atoms with Crippen molar-refractivity contribution in [3.8, 4) is 11.4 Å². The maximum Gasteiger partial charge on any atom is 0.254 e. The third-order valence-corrected chi connectivity index (χ3v) is 6.65. The van der Waals surface area contributed by atoms with Gasteiger partial charge in [0.1, 0.15) is 17.4 Å². The highest BCUT2D eigenvalue weighted by Gasteiger charge is 2.23. The van der Waals surface area contributed by atoms with Crippen molar-refractivity contribution < 1.29 is 9.59 Å². The van der Waals surface area contributed by atoms with E-state index < -0.39 is 17.9 Å². The van der Waals surface area contributed by atoms with Crippen LogP contribution < -0.4 is 11.1 Å². The Bertz CT molecular complexity index is 1500. The van der Waals surface area contributed by atoms with Gasteiger partial charge in [-0.2, -0.15) is 0 Å². The van der Waals surface area contributed by atoms with E-state index >= 15 is 0 Å². The van der Waals surface area contributed by atoms with Crippen molar-refractivity contribution in [1.29, 1.82) is 0 Å². The van der Waals surface area contributed by atoms with Gasteiger partial charge in [0.15, 0.2) is 0 Å². The van der Waals surface area contributed by atoms with Crippen molar-refractivity contribution in [2.24, 2.45) is 5.73 Å². The molecule has 1 atom stereocenters. The molecule has 3 aromatic heterocycles.